The number of aromatic nitrogens is 3. The maximum Gasteiger partial charge on any atom is 0.174 e. The summed E-state index contributed by atoms with van der Waals surface area (Å²) in [5, 5.41) is 8.23. The van der Waals surface area contributed by atoms with Gasteiger partial charge in [0.05, 0.1) is 16.2 Å². The Morgan fingerprint density at radius 3 is 2.71 bits per heavy atom. The summed E-state index contributed by atoms with van der Waals surface area (Å²) in [5.74, 6) is 1.18. The summed E-state index contributed by atoms with van der Waals surface area (Å²) in [4.78, 5) is 4.37. The molecule has 1 N–H and O–H groups in total. The zero-order valence-electron chi connectivity index (χ0n) is 9.54. The van der Waals surface area contributed by atoms with E-state index in [0.29, 0.717) is 21.7 Å². The Balaban J connectivity index is 2.50. The van der Waals surface area contributed by atoms with E-state index in [2.05, 4.69) is 15.4 Å². The average molecular weight is 271 g/mol. The van der Waals surface area contributed by atoms with Crippen molar-refractivity contribution >= 4 is 29.0 Å². The molecule has 2 aromatic heterocycles. The van der Waals surface area contributed by atoms with Crippen LogP contribution in [0.5, 0.6) is 0 Å². The van der Waals surface area contributed by atoms with Crippen molar-refractivity contribution in [3.63, 3.8) is 0 Å². The lowest BCUT2D eigenvalue weighted by Crippen LogP contribution is -2.05. The highest BCUT2D eigenvalue weighted by atomic mass is 35.5. The summed E-state index contributed by atoms with van der Waals surface area (Å²) in [7, 11) is 0. The van der Waals surface area contributed by atoms with E-state index < -0.39 is 0 Å². The number of rotatable bonds is 3. The van der Waals surface area contributed by atoms with E-state index in [1.54, 1.807) is 16.9 Å². The van der Waals surface area contributed by atoms with Crippen molar-refractivity contribution < 1.29 is 0 Å². The summed E-state index contributed by atoms with van der Waals surface area (Å²) in [6.45, 7) is 4.68. The second-order valence-corrected chi connectivity index (χ2v) is 4.43. The van der Waals surface area contributed by atoms with E-state index >= 15 is 0 Å². The molecular formula is C11H12Cl2N4. The molecule has 2 aromatic rings. The second kappa shape index (κ2) is 4.94. The molecule has 0 radical (unpaired) electrons. The molecule has 4 nitrogen and oxygen atoms in total. The smallest absolute Gasteiger partial charge is 0.174 e. The summed E-state index contributed by atoms with van der Waals surface area (Å²) in [6, 6.07) is 1.67. The van der Waals surface area contributed by atoms with Gasteiger partial charge < -0.3 is 5.32 Å². The van der Waals surface area contributed by atoms with E-state index in [-0.39, 0.29) is 0 Å². The van der Waals surface area contributed by atoms with E-state index in [1.165, 1.54) is 0 Å². The fourth-order valence-corrected chi connectivity index (χ4v) is 1.95. The van der Waals surface area contributed by atoms with Gasteiger partial charge in [0.15, 0.2) is 5.82 Å². The summed E-state index contributed by atoms with van der Waals surface area (Å²) < 4.78 is 1.63. The minimum Gasteiger partial charge on any atom is -0.369 e. The zero-order chi connectivity index (χ0) is 12.4. The van der Waals surface area contributed by atoms with Crippen molar-refractivity contribution in [2.75, 3.05) is 11.9 Å². The summed E-state index contributed by atoms with van der Waals surface area (Å²) in [5.41, 5.74) is 1.04. The molecule has 0 saturated carbocycles. The molecule has 0 amide bonds. The number of aryl methyl sites for hydroxylation is 1. The predicted molar refractivity (Wildman–Crippen MR) is 70.3 cm³/mol. The maximum atomic E-state index is 6.11. The zero-order valence-corrected chi connectivity index (χ0v) is 11.0. The van der Waals surface area contributed by atoms with Gasteiger partial charge in [-0.2, -0.15) is 5.10 Å². The van der Waals surface area contributed by atoms with Crippen LogP contribution in [0.2, 0.25) is 10.0 Å². The van der Waals surface area contributed by atoms with E-state index in [9.17, 15) is 0 Å². The summed E-state index contributed by atoms with van der Waals surface area (Å²) in [6.07, 6.45) is 3.61. The SMILES string of the molecule is CCNc1nc(-n2cc(C)cn2)c(Cl)cc1Cl. The third kappa shape index (κ3) is 2.53. The predicted octanol–water partition coefficient (Wildman–Crippen LogP) is 3.31. The Bertz CT molecular complexity index is 536. The highest BCUT2D eigenvalue weighted by molar-refractivity contribution is 6.36. The quantitative estimate of drug-likeness (QED) is 0.931. The maximum absolute atomic E-state index is 6.11. The largest absolute Gasteiger partial charge is 0.369 e. The molecule has 0 saturated heterocycles. The summed E-state index contributed by atoms with van der Waals surface area (Å²) >= 11 is 12.1. The molecule has 17 heavy (non-hydrogen) atoms. The lowest BCUT2D eigenvalue weighted by atomic mass is 10.4. The second-order valence-electron chi connectivity index (χ2n) is 3.62. The third-order valence-electron chi connectivity index (χ3n) is 2.18. The minimum absolute atomic E-state index is 0.472. The first-order chi connectivity index (χ1) is 8.11. The van der Waals surface area contributed by atoms with E-state index in [0.717, 1.165) is 12.1 Å². The van der Waals surface area contributed by atoms with Gasteiger partial charge in [0.2, 0.25) is 0 Å². The van der Waals surface area contributed by atoms with E-state index in [4.69, 9.17) is 23.2 Å². The van der Waals surface area contributed by atoms with Crippen LogP contribution in [0.4, 0.5) is 5.82 Å². The van der Waals surface area contributed by atoms with Crippen LogP contribution in [-0.2, 0) is 0 Å². The highest BCUT2D eigenvalue weighted by Crippen LogP contribution is 2.27. The fraction of sp³-hybridized carbons (Fsp3) is 0.273. The standard InChI is InChI=1S/C11H12Cl2N4/c1-3-14-10-8(12)4-9(13)11(16-10)17-6-7(2)5-15-17/h4-6H,3H2,1-2H3,(H,14,16). The molecule has 90 valence electrons. The van der Waals surface area contributed by atoms with Crippen LogP contribution in [0.15, 0.2) is 18.5 Å². The Morgan fingerprint density at radius 1 is 1.35 bits per heavy atom. The molecule has 2 heterocycles. The molecule has 0 aliphatic carbocycles. The highest BCUT2D eigenvalue weighted by Gasteiger charge is 2.11. The van der Waals surface area contributed by atoms with E-state index in [1.807, 2.05) is 20.0 Å². The fourth-order valence-electron chi connectivity index (χ4n) is 1.44. The topological polar surface area (TPSA) is 42.7 Å². The monoisotopic (exact) mass is 270 g/mol. The Morgan fingerprint density at radius 2 is 2.12 bits per heavy atom. The van der Waals surface area contributed by atoms with Crippen LogP contribution < -0.4 is 5.32 Å². The lowest BCUT2D eigenvalue weighted by molar-refractivity contribution is 0.847. The molecule has 0 fully saturated rings. The average Bonchev–Trinajstić information content (AvgIpc) is 2.69. The van der Waals surface area contributed by atoms with Crippen LogP contribution in [0, 0.1) is 6.92 Å². The third-order valence-corrected chi connectivity index (χ3v) is 2.75. The van der Waals surface area contributed by atoms with Crippen LogP contribution in [0.1, 0.15) is 12.5 Å². The molecule has 0 aliphatic rings. The number of nitrogens with one attached hydrogen (secondary N) is 1. The van der Waals surface area contributed by atoms with Gasteiger partial charge in [-0.15, -0.1) is 0 Å². The molecule has 0 bridgehead atoms. The van der Waals surface area contributed by atoms with Crippen LogP contribution >= 0.6 is 23.2 Å². The minimum atomic E-state index is 0.472. The Labute approximate surface area is 110 Å². The number of hydrogen-bond acceptors (Lipinski definition) is 3. The van der Waals surface area contributed by atoms with Gasteiger partial charge in [0, 0.05) is 12.7 Å². The molecule has 0 spiro atoms. The van der Waals surface area contributed by atoms with Gasteiger partial charge in [-0.05, 0) is 25.5 Å². The van der Waals surface area contributed by atoms with Crippen molar-refractivity contribution in [2.24, 2.45) is 0 Å². The van der Waals surface area contributed by atoms with Crippen molar-refractivity contribution in [1.29, 1.82) is 0 Å². The van der Waals surface area contributed by atoms with Crippen molar-refractivity contribution in [3.05, 3.63) is 34.1 Å². The van der Waals surface area contributed by atoms with Crippen LogP contribution in [0.3, 0.4) is 0 Å². The van der Waals surface area contributed by atoms with Gasteiger partial charge in [-0.1, -0.05) is 23.2 Å². The van der Waals surface area contributed by atoms with Crippen LogP contribution in [0.25, 0.3) is 5.82 Å². The Kier molecular flexibility index (Phi) is 3.54. The van der Waals surface area contributed by atoms with Crippen molar-refractivity contribution in [3.8, 4) is 5.82 Å². The van der Waals surface area contributed by atoms with Crippen LogP contribution in [-0.4, -0.2) is 21.3 Å². The van der Waals surface area contributed by atoms with Gasteiger partial charge in [-0.25, -0.2) is 9.67 Å². The molecule has 0 aromatic carbocycles. The molecule has 6 heteroatoms. The van der Waals surface area contributed by atoms with Crippen molar-refractivity contribution in [1.82, 2.24) is 14.8 Å². The first-order valence-corrected chi connectivity index (χ1v) is 5.99. The number of halogens is 2. The number of pyridine rings is 1. The molecule has 0 atom stereocenters. The lowest BCUT2D eigenvalue weighted by Gasteiger charge is -2.09. The first-order valence-electron chi connectivity index (χ1n) is 5.23. The number of nitrogens with zero attached hydrogens (tertiary/aromatic N) is 3. The number of anilines is 1. The van der Waals surface area contributed by atoms with Gasteiger partial charge in [0.25, 0.3) is 0 Å². The first kappa shape index (κ1) is 12.2. The molecule has 0 aliphatic heterocycles. The molecule has 0 unspecified atom stereocenters. The molecule has 2 rings (SSSR count). The van der Waals surface area contributed by atoms with Gasteiger partial charge in [-0.3, -0.25) is 0 Å². The Hall–Kier alpha value is -1.26. The van der Waals surface area contributed by atoms with Crippen molar-refractivity contribution in [2.45, 2.75) is 13.8 Å². The van der Waals surface area contributed by atoms with Gasteiger partial charge >= 0.3 is 0 Å². The molecular weight excluding hydrogens is 259 g/mol. The normalized spacial score (nSPS) is 10.6. The number of hydrogen-bond donors (Lipinski definition) is 1. The van der Waals surface area contributed by atoms with Gasteiger partial charge in [0.1, 0.15) is 5.82 Å².